The van der Waals surface area contributed by atoms with E-state index in [4.69, 9.17) is 5.73 Å². The van der Waals surface area contributed by atoms with Gasteiger partial charge in [-0.3, -0.25) is 0 Å². The molecule has 2 nitrogen and oxygen atoms in total. The van der Waals surface area contributed by atoms with Crippen LogP contribution < -0.4 is 11.1 Å². The quantitative estimate of drug-likeness (QED) is 0.577. The zero-order valence-corrected chi connectivity index (χ0v) is 7.05. The Morgan fingerprint density at radius 2 is 2.36 bits per heavy atom. The molecular weight excluding hydrogens is 136 g/mol. The van der Waals surface area contributed by atoms with Crippen LogP contribution in [0.1, 0.15) is 19.3 Å². The second kappa shape index (κ2) is 4.52. The maximum absolute atomic E-state index is 5.63. The van der Waals surface area contributed by atoms with Crippen LogP contribution in [0.15, 0.2) is 12.7 Å². The Morgan fingerprint density at radius 1 is 1.64 bits per heavy atom. The summed E-state index contributed by atoms with van der Waals surface area (Å²) in [6.45, 7) is 5.32. The highest BCUT2D eigenvalue weighted by molar-refractivity contribution is 4.85. The number of rotatable bonds is 5. The van der Waals surface area contributed by atoms with Gasteiger partial charge in [-0.05, 0) is 18.8 Å². The first-order valence-corrected chi connectivity index (χ1v) is 4.43. The molecule has 0 aliphatic heterocycles. The van der Waals surface area contributed by atoms with Crippen molar-refractivity contribution in [3.05, 3.63) is 12.7 Å². The molecule has 1 saturated carbocycles. The molecule has 64 valence electrons. The first kappa shape index (κ1) is 8.75. The molecule has 0 spiro atoms. The van der Waals surface area contributed by atoms with Gasteiger partial charge in [0.25, 0.3) is 0 Å². The maximum atomic E-state index is 5.63. The highest BCUT2D eigenvalue weighted by Crippen LogP contribution is 2.28. The summed E-state index contributed by atoms with van der Waals surface area (Å²) < 4.78 is 0. The van der Waals surface area contributed by atoms with Gasteiger partial charge in [0.05, 0.1) is 0 Å². The minimum Gasteiger partial charge on any atom is -0.329 e. The molecule has 0 bridgehead atoms. The molecule has 0 heterocycles. The molecule has 11 heavy (non-hydrogen) atoms. The normalized spacial score (nSPS) is 20.8. The fourth-order valence-corrected chi connectivity index (χ4v) is 1.52. The second-order valence-electron chi connectivity index (χ2n) is 3.23. The highest BCUT2D eigenvalue weighted by Gasteiger charge is 2.25. The van der Waals surface area contributed by atoms with Crippen LogP contribution in [0.3, 0.4) is 0 Å². The molecule has 0 saturated heterocycles. The van der Waals surface area contributed by atoms with E-state index in [0.29, 0.717) is 6.04 Å². The van der Waals surface area contributed by atoms with Crippen LogP contribution >= 0.6 is 0 Å². The fourth-order valence-electron chi connectivity index (χ4n) is 1.52. The molecule has 1 atom stereocenters. The molecule has 1 fully saturated rings. The Balaban J connectivity index is 2.17. The molecule has 0 aromatic rings. The van der Waals surface area contributed by atoms with Gasteiger partial charge in [-0.15, -0.1) is 6.58 Å². The predicted molar refractivity (Wildman–Crippen MR) is 48.4 cm³/mol. The van der Waals surface area contributed by atoms with Crippen molar-refractivity contribution < 1.29 is 0 Å². The molecule has 1 rings (SSSR count). The van der Waals surface area contributed by atoms with E-state index in [1.165, 1.54) is 19.3 Å². The first-order valence-electron chi connectivity index (χ1n) is 4.43. The Morgan fingerprint density at radius 3 is 2.73 bits per heavy atom. The Bertz CT molecular complexity index is 119. The minimum atomic E-state index is 0.529. The van der Waals surface area contributed by atoms with Gasteiger partial charge in [0.2, 0.25) is 0 Å². The van der Waals surface area contributed by atoms with Crippen LogP contribution in [0.5, 0.6) is 0 Å². The minimum absolute atomic E-state index is 0.529. The summed E-state index contributed by atoms with van der Waals surface area (Å²) in [5.74, 6) is 0.833. The van der Waals surface area contributed by atoms with E-state index >= 15 is 0 Å². The molecule has 0 aromatic carbocycles. The summed E-state index contributed by atoms with van der Waals surface area (Å²) in [6.07, 6.45) is 5.98. The van der Waals surface area contributed by atoms with Gasteiger partial charge in [-0.25, -0.2) is 0 Å². The monoisotopic (exact) mass is 154 g/mol. The number of nitrogens with two attached hydrogens (primary N) is 1. The third kappa shape index (κ3) is 2.31. The smallest absolute Gasteiger partial charge is 0.0221 e. The lowest BCUT2D eigenvalue weighted by Gasteiger charge is -2.33. The average Bonchev–Trinajstić information content (AvgIpc) is 1.93. The van der Waals surface area contributed by atoms with Gasteiger partial charge >= 0.3 is 0 Å². The summed E-state index contributed by atoms with van der Waals surface area (Å²) >= 11 is 0. The summed E-state index contributed by atoms with van der Waals surface area (Å²) in [5.41, 5.74) is 5.63. The van der Waals surface area contributed by atoms with E-state index in [-0.39, 0.29) is 0 Å². The van der Waals surface area contributed by atoms with Crippen molar-refractivity contribution >= 4 is 0 Å². The number of hydrogen-bond donors (Lipinski definition) is 2. The van der Waals surface area contributed by atoms with Gasteiger partial charge in [0.15, 0.2) is 0 Å². The lowest BCUT2D eigenvalue weighted by Crippen LogP contribution is -2.44. The van der Waals surface area contributed by atoms with Crippen molar-refractivity contribution in [2.75, 3.05) is 13.1 Å². The van der Waals surface area contributed by atoms with E-state index in [9.17, 15) is 0 Å². The molecule has 1 aliphatic carbocycles. The van der Waals surface area contributed by atoms with Crippen LogP contribution in [0, 0.1) is 5.92 Å². The van der Waals surface area contributed by atoms with E-state index in [1.807, 2.05) is 6.08 Å². The highest BCUT2D eigenvalue weighted by atomic mass is 14.9. The van der Waals surface area contributed by atoms with Crippen molar-refractivity contribution in [2.24, 2.45) is 11.7 Å². The second-order valence-corrected chi connectivity index (χ2v) is 3.23. The van der Waals surface area contributed by atoms with Gasteiger partial charge < -0.3 is 11.1 Å². The van der Waals surface area contributed by atoms with Crippen LogP contribution in [0.25, 0.3) is 0 Å². The fraction of sp³-hybridized carbons (Fsp3) is 0.778. The number of hydrogen-bond acceptors (Lipinski definition) is 2. The lowest BCUT2D eigenvalue weighted by molar-refractivity contribution is 0.237. The molecule has 0 radical (unpaired) electrons. The third-order valence-electron chi connectivity index (χ3n) is 2.50. The van der Waals surface area contributed by atoms with Crippen molar-refractivity contribution in [3.8, 4) is 0 Å². The lowest BCUT2D eigenvalue weighted by atomic mass is 9.80. The SMILES string of the molecule is C=CCNC(CN)C1CCC1. The van der Waals surface area contributed by atoms with Crippen LogP contribution in [-0.2, 0) is 0 Å². The zero-order chi connectivity index (χ0) is 8.10. The van der Waals surface area contributed by atoms with Crippen LogP contribution in [0.2, 0.25) is 0 Å². The standard InChI is InChI=1S/C9H18N2/c1-2-6-11-9(7-10)8-4-3-5-8/h2,8-9,11H,1,3-7,10H2. The summed E-state index contributed by atoms with van der Waals surface area (Å²) in [6, 6.07) is 0.529. The summed E-state index contributed by atoms with van der Waals surface area (Å²) in [7, 11) is 0. The zero-order valence-electron chi connectivity index (χ0n) is 7.05. The molecule has 2 heteroatoms. The van der Waals surface area contributed by atoms with Crippen molar-refractivity contribution in [3.63, 3.8) is 0 Å². The topological polar surface area (TPSA) is 38.0 Å². The first-order chi connectivity index (χ1) is 5.38. The maximum Gasteiger partial charge on any atom is 0.0221 e. The molecule has 1 aliphatic rings. The predicted octanol–water partition coefficient (Wildman–Crippen LogP) is 0.889. The van der Waals surface area contributed by atoms with Gasteiger partial charge in [0, 0.05) is 19.1 Å². The van der Waals surface area contributed by atoms with E-state index < -0.39 is 0 Å². The summed E-state index contributed by atoms with van der Waals surface area (Å²) in [4.78, 5) is 0. The van der Waals surface area contributed by atoms with Gasteiger partial charge in [-0.1, -0.05) is 12.5 Å². The van der Waals surface area contributed by atoms with Crippen molar-refractivity contribution in [1.29, 1.82) is 0 Å². The Kier molecular flexibility index (Phi) is 3.60. The van der Waals surface area contributed by atoms with Crippen LogP contribution in [0.4, 0.5) is 0 Å². The third-order valence-corrected chi connectivity index (χ3v) is 2.50. The molecule has 1 unspecified atom stereocenters. The van der Waals surface area contributed by atoms with E-state index in [0.717, 1.165) is 19.0 Å². The molecular formula is C9H18N2. The van der Waals surface area contributed by atoms with Crippen molar-refractivity contribution in [1.82, 2.24) is 5.32 Å². The number of nitrogens with one attached hydrogen (secondary N) is 1. The average molecular weight is 154 g/mol. The van der Waals surface area contributed by atoms with Gasteiger partial charge in [0.1, 0.15) is 0 Å². The molecule has 0 amide bonds. The van der Waals surface area contributed by atoms with Crippen molar-refractivity contribution in [2.45, 2.75) is 25.3 Å². The summed E-state index contributed by atoms with van der Waals surface area (Å²) in [5, 5.41) is 3.38. The largest absolute Gasteiger partial charge is 0.329 e. The van der Waals surface area contributed by atoms with E-state index in [1.54, 1.807) is 0 Å². The Hall–Kier alpha value is -0.340. The Labute approximate surface area is 68.9 Å². The van der Waals surface area contributed by atoms with Gasteiger partial charge in [-0.2, -0.15) is 0 Å². The molecule has 0 aromatic heterocycles. The molecule has 3 N–H and O–H groups in total. The van der Waals surface area contributed by atoms with E-state index in [2.05, 4.69) is 11.9 Å². The van der Waals surface area contributed by atoms with Crippen LogP contribution in [-0.4, -0.2) is 19.1 Å².